The van der Waals surface area contributed by atoms with E-state index in [-0.39, 0.29) is 6.03 Å². The number of nitrogens with one attached hydrogen (secondary N) is 2. The predicted octanol–water partition coefficient (Wildman–Crippen LogP) is 4.59. The minimum Gasteiger partial charge on any atom is -0.325 e. The number of carbonyl (C=O) groups excluding carboxylic acids is 1. The van der Waals surface area contributed by atoms with E-state index in [9.17, 15) is 9.18 Å². The van der Waals surface area contributed by atoms with Gasteiger partial charge in [-0.25, -0.2) is 9.18 Å². The minimum atomic E-state index is -0.537. The summed E-state index contributed by atoms with van der Waals surface area (Å²) in [6.45, 7) is 3.26. The summed E-state index contributed by atoms with van der Waals surface area (Å²) in [6, 6.07) is 13.4. The summed E-state index contributed by atoms with van der Waals surface area (Å²) in [4.78, 5) is 21.1. The van der Waals surface area contributed by atoms with Crippen molar-refractivity contribution in [3.05, 3.63) is 102 Å². The Morgan fingerprint density at radius 2 is 1.93 bits per heavy atom. The van der Waals surface area contributed by atoms with Gasteiger partial charge in [-0.3, -0.25) is 9.97 Å². The van der Waals surface area contributed by atoms with E-state index in [2.05, 4.69) is 27.2 Å². The van der Waals surface area contributed by atoms with Gasteiger partial charge >= 0.3 is 6.03 Å². The van der Waals surface area contributed by atoms with Crippen LogP contribution in [0.1, 0.15) is 28.4 Å². The number of benzene rings is 1. The van der Waals surface area contributed by atoms with Gasteiger partial charge in [-0.2, -0.15) is 0 Å². The van der Waals surface area contributed by atoms with Crippen LogP contribution in [-0.2, 0) is 13.1 Å². The van der Waals surface area contributed by atoms with Crippen molar-refractivity contribution < 1.29 is 9.18 Å². The van der Waals surface area contributed by atoms with Crippen molar-refractivity contribution in [2.75, 3.05) is 5.32 Å². The Labute approximate surface area is 163 Å². The lowest BCUT2D eigenvalue weighted by atomic mass is 9.97. The lowest BCUT2D eigenvalue weighted by Gasteiger charge is -2.21. The molecule has 0 aliphatic rings. The molecule has 2 N–H and O–H groups in total. The Morgan fingerprint density at radius 1 is 1.14 bits per heavy atom. The molecule has 2 amide bonds. The molecule has 142 valence electrons. The van der Waals surface area contributed by atoms with Gasteiger partial charge in [0.1, 0.15) is 6.67 Å². The smallest absolute Gasteiger partial charge is 0.320 e. The molecule has 2 aromatic heterocycles. The number of hydrogen-bond donors (Lipinski definition) is 2. The van der Waals surface area contributed by atoms with Crippen LogP contribution in [0, 0.1) is 0 Å². The molecular formula is C22H21FN4O. The monoisotopic (exact) mass is 376 g/mol. The number of allylic oxidation sites excluding steroid dienone is 1. The van der Waals surface area contributed by atoms with Crippen LogP contribution in [0.2, 0.25) is 0 Å². The molecule has 6 heteroatoms. The molecule has 0 saturated heterocycles. The maximum atomic E-state index is 12.9. The van der Waals surface area contributed by atoms with Gasteiger partial charge in [0.15, 0.2) is 0 Å². The molecule has 5 nitrogen and oxygen atoms in total. The number of pyridine rings is 2. The number of amides is 2. The lowest BCUT2D eigenvalue weighted by molar-refractivity contribution is 0.250. The Balaban J connectivity index is 1.92. The first-order valence-corrected chi connectivity index (χ1v) is 8.88. The number of aromatic nitrogens is 2. The number of urea groups is 1. The summed E-state index contributed by atoms with van der Waals surface area (Å²) >= 11 is 0. The molecule has 3 aromatic rings. The van der Waals surface area contributed by atoms with Crippen LogP contribution in [0.3, 0.4) is 0 Å². The van der Waals surface area contributed by atoms with Crippen molar-refractivity contribution in [1.82, 2.24) is 15.3 Å². The lowest BCUT2D eigenvalue weighted by Crippen LogP contribution is -2.34. The highest BCUT2D eigenvalue weighted by molar-refractivity contribution is 5.89. The third-order valence-electron chi connectivity index (χ3n) is 4.23. The molecule has 0 fully saturated rings. The summed E-state index contributed by atoms with van der Waals surface area (Å²) in [6.07, 6.45) is 7.29. The van der Waals surface area contributed by atoms with E-state index in [1.807, 2.05) is 12.1 Å². The fourth-order valence-electron chi connectivity index (χ4n) is 2.88. The molecule has 0 bridgehead atoms. The van der Waals surface area contributed by atoms with Gasteiger partial charge in [-0.1, -0.05) is 36.4 Å². The van der Waals surface area contributed by atoms with Crippen molar-refractivity contribution in [3.63, 3.8) is 0 Å². The van der Waals surface area contributed by atoms with Crippen LogP contribution >= 0.6 is 0 Å². The molecular weight excluding hydrogens is 355 g/mol. The molecule has 0 aliphatic heterocycles. The van der Waals surface area contributed by atoms with E-state index in [0.717, 1.165) is 16.8 Å². The summed E-state index contributed by atoms with van der Waals surface area (Å²) in [5.41, 5.74) is 3.64. The van der Waals surface area contributed by atoms with Crippen LogP contribution in [0.4, 0.5) is 14.9 Å². The first-order valence-electron chi connectivity index (χ1n) is 8.88. The Bertz CT molecular complexity index is 929. The molecule has 0 aliphatic carbocycles. The molecule has 1 aromatic carbocycles. The van der Waals surface area contributed by atoms with Crippen molar-refractivity contribution in [2.45, 2.75) is 19.1 Å². The second kappa shape index (κ2) is 9.41. The number of nitrogens with zero attached hydrogens (tertiary/aromatic N) is 2. The van der Waals surface area contributed by atoms with Crippen molar-refractivity contribution >= 4 is 11.7 Å². The normalized spacial score (nSPS) is 11.5. The average molecular weight is 376 g/mol. The van der Waals surface area contributed by atoms with Gasteiger partial charge in [0.05, 0.1) is 23.6 Å². The summed E-state index contributed by atoms with van der Waals surface area (Å²) < 4.78 is 12.9. The van der Waals surface area contributed by atoms with Gasteiger partial charge in [-0.15, -0.1) is 6.58 Å². The Hall–Kier alpha value is -3.54. The first kappa shape index (κ1) is 19.2. The van der Waals surface area contributed by atoms with Crippen molar-refractivity contribution in [3.8, 4) is 0 Å². The molecule has 0 spiro atoms. The second-order valence-corrected chi connectivity index (χ2v) is 6.19. The topological polar surface area (TPSA) is 66.9 Å². The Kier molecular flexibility index (Phi) is 6.46. The van der Waals surface area contributed by atoms with Gasteiger partial charge < -0.3 is 10.6 Å². The quantitative estimate of drug-likeness (QED) is 0.593. The SMILES string of the molecule is C=CCc1cccnc1[C@@H](NC(=O)Nc1cccnc1)c1ccc(CF)cc1. The highest BCUT2D eigenvalue weighted by Crippen LogP contribution is 2.25. The zero-order chi connectivity index (χ0) is 19.8. The fourth-order valence-corrected chi connectivity index (χ4v) is 2.88. The third-order valence-corrected chi connectivity index (χ3v) is 4.23. The van der Waals surface area contributed by atoms with E-state index >= 15 is 0 Å². The fraction of sp³-hybridized carbons (Fsp3) is 0.136. The Morgan fingerprint density at radius 3 is 2.61 bits per heavy atom. The first-order chi connectivity index (χ1) is 13.7. The average Bonchev–Trinajstić information content (AvgIpc) is 2.74. The molecule has 0 saturated carbocycles. The highest BCUT2D eigenvalue weighted by Gasteiger charge is 2.21. The van der Waals surface area contributed by atoms with E-state index in [1.54, 1.807) is 61.1 Å². The van der Waals surface area contributed by atoms with E-state index in [1.165, 1.54) is 0 Å². The number of carbonyl (C=O) groups is 1. The van der Waals surface area contributed by atoms with Gasteiger partial charge in [0, 0.05) is 12.4 Å². The summed E-state index contributed by atoms with van der Waals surface area (Å²) in [7, 11) is 0. The minimum absolute atomic E-state index is 0.386. The molecule has 1 atom stereocenters. The van der Waals surface area contributed by atoms with Crippen molar-refractivity contribution in [1.29, 1.82) is 0 Å². The van der Waals surface area contributed by atoms with Crippen LogP contribution in [-0.4, -0.2) is 16.0 Å². The van der Waals surface area contributed by atoms with Crippen LogP contribution in [0.5, 0.6) is 0 Å². The zero-order valence-corrected chi connectivity index (χ0v) is 15.3. The predicted molar refractivity (Wildman–Crippen MR) is 108 cm³/mol. The molecule has 0 unspecified atom stereocenters. The number of rotatable bonds is 7. The standard InChI is InChI=1S/C22H21FN4O/c1-2-5-17-6-3-13-25-20(17)21(18-10-8-16(14-23)9-11-18)27-22(28)26-19-7-4-12-24-15-19/h2-4,6-13,15,21H,1,5,14H2,(H2,26,27,28)/t21-/m0/s1. The van der Waals surface area contributed by atoms with Gasteiger partial charge in [0.2, 0.25) is 0 Å². The van der Waals surface area contributed by atoms with E-state index in [4.69, 9.17) is 0 Å². The van der Waals surface area contributed by atoms with Crippen molar-refractivity contribution in [2.24, 2.45) is 0 Å². The van der Waals surface area contributed by atoms with Crippen LogP contribution in [0.25, 0.3) is 0 Å². The van der Waals surface area contributed by atoms with Crippen LogP contribution < -0.4 is 10.6 Å². The summed E-state index contributed by atoms with van der Waals surface area (Å²) in [5.74, 6) is 0. The number of hydrogen-bond acceptors (Lipinski definition) is 3. The maximum absolute atomic E-state index is 12.9. The van der Waals surface area contributed by atoms with E-state index < -0.39 is 12.7 Å². The largest absolute Gasteiger partial charge is 0.325 e. The van der Waals surface area contributed by atoms with Gasteiger partial charge in [0.25, 0.3) is 0 Å². The van der Waals surface area contributed by atoms with E-state index in [0.29, 0.717) is 17.7 Å². The summed E-state index contributed by atoms with van der Waals surface area (Å²) in [5, 5.41) is 5.73. The molecule has 3 rings (SSSR count). The third kappa shape index (κ3) is 4.79. The highest BCUT2D eigenvalue weighted by atomic mass is 19.1. The number of anilines is 1. The van der Waals surface area contributed by atoms with Crippen LogP contribution in [0.15, 0.2) is 79.8 Å². The number of alkyl halides is 1. The number of halogens is 1. The van der Waals surface area contributed by atoms with Gasteiger partial charge in [-0.05, 0) is 41.3 Å². The zero-order valence-electron chi connectivity index (χ0n) is 15.3. The molecule has 28 heavy (non-hydrogen) atoms. The maximum Gasteiger partial charge on any atom is 0.320 e. The second-order valence-electron chi connectivity index (χ2n) is 6.19. The molecule has 2 heterocycles. The molecule has 0 radical (unpaired) electrons.